The van der Waals surface area contributed by atoms with Gasteiger partial charge in [-0.15, -0.1) is 11.6 Å². The average Bonchev–Trinajstić information content (AvgIpc) is 2.36. The molecule has 0 aromatic rings. The molecule has 0 spiro atoms. The summed E-state index contributed by atoms with van der Waals surface area (Å²) in [5.41, 5.74) is 0. The van der Waals surface area contributed by atoms with Gasteiger partial charge in [0.25, 0.3) is 0 Å². The largest absolute Gasteiger partial charge is 0.300 e. The summed E-state index contributed by atoms with van der Waals surface area (Å²) in [7, 11) is 0. The Morgan fingerprint density at radius 2 is 1.82 bits per heavy atom. The molecule has 1 saturated carbocycles. The van der Waals surface area contributed by atoms with Crippen LogP contribution in [0.25, 0.3) is 0 Å². The van der Waals surface area contributed by atoms with E-state index >= 15 is 0 Å². The lowest BCUT2D eigenvalue weighted by Crippen LogP contribution is -2.45. The smallest absolute Gasteiger partial charge is 0.118 e. The second-order valence-corrected chi connectivity index (χ2v) is 3.86. The topological polar surface area (TPSA) is 24.1 Å². The molecular weight excluding hydrogens is 167 g/mol. The van der Waals surface area contributed by atoms with Crippen LogP contribution in [0.2, 0.25) is 0 Å². The van der Waals surface area contributed by atoms with E-state index in [9.17, 15) is 4.39 Å². The number of fused-ring (bicyclic) bond motifs is 1. The van der Waals surface area contributed by atoms with Crippen LogP contribution in [0, 0.1) is 0 Å². The molecule has 2 rings (SSSR count). The molecule has 1 aliphatic heterocycles. The maximum Gasteiger partial charge on any atom is 0.118 e. The Morgan fingerprint density at radius 3 is 2.55 bits per heavy atom. The number of hydrogen-bond acceptors (Lipinski definition) is 2. The first-order valence-corrected chi connectivity index (χ1v) is 4.46. The molecule has 1 aliphatic carbocycles. The molecule has 0 aromatic heterocycles. The summed E-state index contributed by atoms with van der Waals surface area (Å²) in [6.07, 6.45) is 0.483. The van der Waals surface area contributed by atoms with Crippen molar-refractivity contribution in [2.75, 3.05) is 6.67 Å². The minimum atomic E-state index is -0.828. The molecular formula is C7H12ClFN2. The van der Waals surface area contributed by atoms with Gasteiger partial charge in [-0.25, -0.2) is 4.39 Å². The van der Waals surface area contributed by atoms with E-state index in [4.69, 9.17) is 11.6 Å². The highest BCUT2D eigenvalue weighted by atomic mass is 35.5. The van der Waals surface area contributed by atoms with Crippen LogP contribution in [-0.2, 0) is 0 Å². The summed E-state index contributed by atoms with van der Waals surface area (Å²) >= 11 is 5.79. The van der Waals surface area contributed by atoms with Crippen molar-refractivity contribution in [2.24, 2.45) is 0 Å². The molecule has 2 aliphatic rings. The summed E-state index contributed by atoms with van der Waals surface area (Å²) in [4.78, 5) is 0. The van der Waals surface area contributed by atoms with Gasteiger partial charge in [-0.05, 0) is 12.8 Å². The van der Waals surface area contributed by atoms with Crippen LogP contribution < -0.4 is 10.6 Å². The highest BCUT2D eigenvalue weighted by molar-refractivity contribution is 6.21. The van der Waals surface area contributed by atoms with Crippen LogP contribution in [0.3, 0.4) is 0 Å². The van der Waals surface area contributed by atoms with E-state index in [2.05, 4.69) is 10.6 Å². The first-order valence-electron chi connectivity index (χ1n) is 4.02. The van der Waals surface area contributed by atoms with Gasteiger partial charge in [-0.3, -0.25) is 0 Å². The van der Waals surface area contributed by atoms with E-state index in [1.54, 1.807) is 0 Å². The predicted octanol–water partition coefficient (Wildman–Crippen LogP) is 0.613. The van der Waals surface area contributed by atoms with Gasteiger partial charge < -0.3 is 10.6 Å². The van der Waals surface area contributed by atoms with Crippen molar-refractivity contribution in [1.29, 1.82) is 0 Å². The van der Waals surface area contributed by atoms with Crippen molar-refractivity contribution in [3.8, 4) is 0 Å². The molecule has 0 amide bonds. The third kappa shape index (κ3) is 1.37. The van der Waals surface area contributed by atoms with Crippen LogP contribution in [0.1, 0.15) is 12.8 Å². The Labute approximate surface area is 70.5 Å². The summed E-state index contributed by atoms with van der Waals surface area (Å²) in [5, 5.41) is 6.16. The molecule has 0 bridgehead atoms. The van der Waals surface area contributed by atoms with E-state index in [1.165, 1.54) is 0 Å². The Morgan fingerprint density at radius 1 is 1.18 bits per heavy atom. The molecule has 4 heteroatoms. The minimum Gasteiger partial charge on any atom is -0.300 e. The highest BCUT2D eigenvalue weighted by Crippen LogP contribution is 2.27. The number of hydrogen-bond donors (Lipinski definition) is 2. The van der Waals surface area contributed by atoms with Crippen molar-refractivity contribution in [3.05, 3.63) is 0 Å². The molecule has 4 atom stereocenters. The van der Waals surface area contributed by atoms with Gasteiger partial charge in [0, 0.05) is 18.8 Å². The van der Waals surface area contributed by atoms with Crippen LogP contribution in [0.15, 0.2) is 0 Å². The second-order valence-electron chi connectivity index (χ2n) is 3.30. The molecule has 1 saturated heterocycles. The molecule has 0 aromatic carbocycles. The normalized spacial score (nSPS) is 50.7. The summed E-state index contributed by atoms with van der Waals surface area (Å²) in [5.74, 6) is 0. The first kappa shape index (κ1) is 7.77. The zero-order valence-electron chi connectivity index (χ0n) is 6.19. The molecule has 1 heterocycles. The van der Waals surface area contributed by atoms with E-state index in [0.717, 1.165) is 13.1 Å². The maximum atomic E-state index is 13.0. The molecule has 2 fully saturated rings. The lowest BCUT2D eigenvalue weighted by atomic mass is 9.90. The summed E-state index contributed by atoms with van der Waals surface area (Å²) in [6, 6.07) is 0.699. The fraction of sp³-hybridized carbons (Fsp3) is 1.00. The average molecular weight is 179 g/mol. The Balaban J connectivity index is 2.00. The fourth-order valence-corrected chi connectivity index (χ4v) is 2.18. The Kier molecular flexibility index (Phi) is 2.04. The molecule has 2 N–H and O–H groups in total. The van der Waals surface area contributed by atoms with Gasteiger partial charge in [0.15, 0.2) is 0 Å². The number of alkyl halides is 2. The summed E-state index contributed by atoms with van der Waals surface area (Å²) < 4.78 is 13.0. The van der Waals surface area contributed by atoms with Crippen molar-refractivity contribution in [1.82, 2.24) is 10.6 Å². The zero-order chi connectivity index (χ0) is 7.84. The lowest BCUT2D eigenvalue weighted by molar-refractivity contribution is 0.216. The number of rotatable bonds is 0. The number of halogens is 2. The van der Waals surface area contributed by atoms with Gasteiger partial charge in [0.2, 0.25) is 0 Å². The SMILES string of the molecule is FC1CC2NCNC2CC1Cl. The van der Waals surface area contributed by atoms with E-state index in [-0.39, 0.29) is 5.38 Å². The quantitative estimate of drug-likeness (QED) is 0.532. The van der Waals surface area contributed by atoms with Crippen molar-refractivity contribution >= 4 is 11.6 Å². The first-order chi connectivity index (χ1) is 5.27. The van der Waals surface area contributed by atoms with Crippen molar-refractivity contribution in [3.63, 3.8) is 0 Å². The zero-order valence-corrected chi connectivity index (χ0v) is 6.94. The lowest BCUT2D eigenvalue weighted by Gasteiger charge is -2.30. The van der Waals surface area contributed by atoms with E-state index in [0.29, 0.717) is 18.5 Å². The van der Waals surface area contributed by atoms with Crippen LogP contribution in [0.5, 0.6) is 0 Å². The molecule has 0 radical (unpaired) electrons. The predicted molar refractivity (Wildman–Crippen MR) is 42.5 cm³/mol. The second kappa shape index (κ2) is 2.88. The molecule has 4 unspecified atom stereocenters. The van der Waals surface area contributed by atoms with E-state index < -0.39 is 6.17 Å². The third-order valence-electron chi connectivity index (χ3n) is 2.56. The maximum absolute atomic E-state index is 13.0. The Hall–Kier alpha value is 0.140. The van der Waals surface area contributed by atoms with Crippen LogP contribution in [-0.4, -0.2) is 30.3 Å². The highest BCUT2D eigenvalue weighted by Gasteiger charge is 2.38. The molecule has 11 heavy (non-hydrogen) atoms. The van der Waals surface area contributed by atoms with Gasteiger partial charge in [0.1, 0.15) is 6.17 Å². The molecule has 2 nitrogen and oxygen atoms in total. The summed E-state index contributed by atoms with van der Waals surface area (Å²) in [6.45, 7) is 0.797. The minimum absolute atomic E-state index is 0.288. The van der Waals surface area contributed by atoms with Crippen LogP contribution in [0.4, 0.5) is 4.39 Å². The monoisotopic (exact) mass is 178 g/mol. The van der Waals surface area contributed by atoms with Crippen molar-refractivity contribution < 1.29 is 4.39 Å². The van der Waals surface area contributed by atoms with Crippen LogP contribution >= 0.6 is 11.6 Å². The van der Waals surface area contributed by atoms with Gasteiger partial charge in [-0.2, -0.15) is 0 Å². The standard InChI is InChI=1S/C7H12ClFN2/c8-4-1-6-7(2-5(4)9)11-3-10-6/h4-7,10-11H,1-3H2. The van der Waals surface area contributed by atoms with Gasteiger partial charge in [0.05, 0.1) is 5.38 Å². The van der Waals surface area contributed by atoms with Gasteiger partial charge in [-0.1, -0.05) is 0 Å². The number of nitrogens with one attached hydrogen (secondary N) is 2. The third-order valence-corrected chi connectivity index (χ3v) is 3.02. The van der Waals surface area contributed by atoms with Gasteiger partial charge >= 0.3 is 0 Å². The van der Waals surface area contributed by atoms with Crippen molar-refractivity contribution in [2.45, 2.75) is 36.5 Å². The molecule has 64 valence electrons. The Bertz CT molecular complexity index is 139. The fourth-order valence-electron chi connectivity index (χ4n) is 1.88. The van der Waals surface area contributed by atoms with E-state index in [1.807, 2.05) is 0 Å².